The number of hydrogen-bond acceptors (Lipinski definition) is 3. The predicted octanol–water partition coefficient (Wildman–Crippen LogP) is 4.54. The van der Waals surface area contributed by atoms with E-state index in [4.69, 9.17) is 0 Å². The molecule has 3 heteroatoms. The Morgan fingerprint density at radius 2 is 1.17 bits per heavy atom. The molecule has 0 aliphatic carbocycles. The Bertz CT molecular complexity index is 321. The minimum atomic E-state index is -0.597. The topological polar surface area (TPSA) is 57.5 Å². The van der Waals surface area contributed by atoms with Crippen LogP contribution in [-0.2, 0) is 4.79 Å². The molecule has 3 nitrogen and oxygen atoms in total. The minimum Gasteiger partial charge on any atom is -0.508 e. The third-order valence-electron chi connectivity index (χ3n) is 4.68. The van der Waals surface area contributed by atoms with Crippen LogP contribution in [0.5, 0.6) is 0 Å². The quantitative estimate of drug-likeness (QED) is 0.519. The number of ketones is 1. The molecule has 18 heavy (non-hydrogen) atoms. The van der Waals surface area contributed by atoms with E-state index in [9.17, 15) is 15.0 Å². The zero-order valence-electron chi connectivity index (χ0n) is 12.6. The van der Waals surface area contributed by atoms with Crippen LogP contribution in [0.4, 0.5) is 0 Å². The molecule has 0 rings (SSSR count). The lowest BCUT2D eigenvalue weighted by Gasteiger charge is -2.29. The van der Waals surface area contributed by atoms with Gasteiger partial charge in [-0.15, -0.1) is 0 Å². The van der Waals surface area contributed by atoms with Crippen LogP contribution in [0.3, 0.4) is 0 Å². The number of aliphatic hydroxyl groups is 2. The molecule has 0 bridgehead atoms. The number of carbonyl (C=O) groups excluding carboxylic acids is 1. The molecule has 106 valence electrons. The summed E-state index contributed by atoms with van der Waals surface area (Å²) in [5.41, 5.74) is -1.12. The van der Waals surface area contributed by atoms with Gasteiger partial charge in [-0.1, -0.05) is 41.5 Å². The van der Waals surface area contributed by atoms with E-state index < -0.39 is 16.6 Å². The van der Waals surface area contributed by atoms with E-state index >= 15 is 0 Å². The third-order valence-corrected chi connectivity index (χ3v) is 4.68. The van der Waals surface area contributed by atoms with Crippen molar-refractivity contribution in [2.24, 2.45) is 10.8 Å². The van der Waals surface area contributed by atoms with Gasteiger partial charge in [-0.25, -0.2) is 0 Å². The van der Waals surface area contributed by atoms with Gasteiger partial charge in [-0.05, 0) is 25.7 Å². The summed E-state index contributed by atoms with van der Waals surface area (Å²) >= 11 is 0. The molecule has 0 amide bonds. The van der Waals surface area contributed by atoms with Crippen molar-refractivity contribution in [1.29, 1.82) is 0 Å². The van der Waals surface area contributed by atoms with Crippen molar-refractivity contribution in [2.45, 2.75) is 67.2 Å². The average molecular weight is 256 g/mol. The molecule has 0 atom stereocenters. The second kappa shape index (κ2) is 6.26. The fourth-order valence-corrected chi connectivity index (χ4v) is 1.84. The molecule has 0 unspecified atom stereocenters. The van der Waals surface area contributed by atoms with Crippen LogP contribution in [0.25, 0.3) is 0 Å². The highest BCUT2D eigenvalue weighted by Crippen LogP contribution is 2.37. The number of allylic oxidation sites excluding steroid dienone is 2. The summed E-state index contributed by atoms with van der Waals surface area (Å²) in [4.78, 5) is 12.3. The molecule has 0 aromatic rings. The summed E-state index contributed by atoms with van der Waals surface area (Å²) in [5, 5.41) is 20.2. The number of Topliss-reactive ketones (excluding diaryl/α,β-unsaturated/α-hetero) is 1. The van der Waals surface area contributed by atoms with Gasteiger partial charge in [0.05, 0.1) is 0 Å². The molecule has 0 aliphatic rings. The minimum absolute atomic E-state index is 0.161. The van der Waals surface area contributed by atoms with E-state index in [2.05, 4.69) is 0 Å². The Balaban J connectivity index is 5.49. The Hall–Kier alpha value is -0.990. The molecular formula is C15H28O3. The molecule has 2 N–H and O–H groups in total. The standard InChI is InChI=1S/C15H28O3/c1-7-14(5,8-2)12(17)11(16)13(18)15(6,9-3)10-4/h16-17H,7-10H2,1-6H3/b12-11+. The van der Waals surface area contributed by atoms with Gasteiger partial charge in [0.25, 0.3) is 0 Å². The van der Waals surface area contributed by atoms with Crippen LogP contribution >= 0.6 is 0 Å². The maximum absolute atomic E-state index is 12.3. The van der Waals surface area contributed by atoms with Gasteiger partial charge < -0.3 is 10.2 Å². The molecule has 0 saturated carbocycles. The Labute approximate surface area is 111 Å². The van der Waals surface area contributed by atoms with E-state index in [0.29, 0.717) is 25.7 Å². The van der Waals surface area contributed by atoms with Gasteiger partial charge in [0, 0.05) is 10.8 Å². The van der Waals surface area contributed by atoms with Crippen LogP contribution in [0, 0.1) is 10.8 Å². The largest absolute Gasteiger partial charge is 0.508 e. The fraction of sp³-hybridized carbons (Fsp3) is 0.800. The van der Waals surface area contributed by atoms with Crippen molar-refractivity contribution in [2.75, 3.05) is 0 Å². The van der Waals surface area contributed by atoms with E-state index in [1.54, 1.807) is 0 Å². The van der Waals surface area contributed by atoms with Gasteiger partial charge in [0.1, 0.15) is 5.76 Å². The zero-order chi connectivity index (χ0) is 14.6. The summed E-state index contributed by atoms with van der Waals surface area (Å²) in [7, 11) is 0. The van der Waals surface area contributed by atoms with Crippen molar-refractivity contribution in [1.82, 2.24) is 0 Å². The first kappa shape index (κ1) is 17.0. The summed E-state index contributed by atoms with van der Waals surface area (Å²) in [6, 6.07) is 0. The number of rotatable bonds is 7. The molecule has 0 spiro atoms. The average Bonchev–Trinajstić information content (AvgIpc) is 2.42. The van der Waals surface area contributed by atoms with Crippen LogP contribution < -0.4 is 0 Å². The molecule has 0 heterocycles. The highest BCUT2D eigenvalue weighted by Gasteiger charge is 2.37. The molecule has 0 radical (unpaired) electrons. The van der Waals surface area contributed by atoms with Crippen molar-refractivity contribution in [3.05, 3.63) is 11.5 Å². The van der Waals surface area contributed by atoms with Gasteiger partial charge in [-0.2, -0.15) is 0 Å². The van der Waals surface area contributed by atoms with Gasteiger partial charge in [-0.3, -0.25) is 4.79 Å². The molecule has 0 aromatic heterocycles. The monoisotopic (exact) mass is 256 g/mol. The smallest absolute Gasteiger partial charge is 0.206 e. The van der Waals surface area contributed by atoms with Crippen LogP contribution in [-0.4, -0.2) is 16.0 Å². The van der Waals surface area contributed by atoms with Crippen molar-refractivity contribution in [3.63, 3.8) is 0 Å². The summed E-state index contributed by atoms with van der Waals surface area (Å²) < 4.78 is 0. The second-order valence-electron chi connectivity index (χ2n) is 5.56. The second-order valence-corrected chi connectivity index (χ2v) is 5.56. The number of hydrogen-bond donors (Lipinski definition) is 2. The first-order chi connectivity index (χ1) is 8.22. The van der Waals surface area contributed by atoms with Crippen molar-refractivity contribution >= 4 is 5.78 Å². The normalized spacial score (nSPS) is 14.3. The van der Waals surface area contributed by atoms with Crippen molar-refractivity contribution in [3.8, 4) is 0 Å². The molecular weight excluding hydrogens is 228 g/mol. The maximum Gasteiger partial charge on any atom is 0.206 e. The van der Waals surface area contributed by atoms with E-state index in [1.807, 2.05) is 41.5 Å². The molecule has 0 aliphatic heterocycles. The van der Waals surface area contributed by atoms with Crippen LogP contribution in [0.1, 0.15) is 67.2 Å². The molecule has 0 saturated heterocycles. The first-order valence-corrected chi connectivity index (χ1v) is 6.89. The maximum atomic E-state index is 12.3. The lowest BCUT2D eigenvalue weighted by molar-refractivity contribution is -0.127. The Morgan fingerprint density at radius 3 is 1.44 bits per heavy atom. The third kappa shape index (κ3) is 3.06. The predicted molar refractivity (Wildman–Crippen MR) is 74.7 cm³/mol. The SMILES string of the molecule is CCC(C)(CC)C(=O)/C(O)=C(\O)C(C)(CC)CC. The molecule has 0 aromatic carbocycles. The lowest BCUT2D eigenvalue weighted by Crippen LogP contribution is -2.31. The molecule has 0 fully saturated rings. The van der Waals surface area contributed by atoms with Crippen LogP contribution in [0.15, 0.2) is 11.5 Å². The zero-order valence-corrected chi connectivity index (χ0v) is 12.6. The summed E-state index contributed by atoms with van der Waals surface area (Å²) in [6.45, 7) is 11.4. The fourth-order valence-electron chi connectivity index (χ4n) is 1.84. The van der Waals surface area contributed by atoms with E-state index in [1.165, 1.54) is 0 Å². The van der Waals surface area contributed by atoms with Crippen LogP contribution in [0.2, 0.25) is 0 Å². The van der Waals surface area contributed by atoms with Crippen molar-refractivity contribution < 1.29 is 15.0 Å². The van der Waals surface area contributed by atoms with Gasteiger partial charge in [0.15, 0.2) is 5.76 Å². The highest BCUT2D eigenvalue weighted by molar-refractivity contribution is 5.98. The number of carbonyl (C=O) groups is 1. The van der Waals surface area contributed by atoms with E-state index in [-0.39, 0.29) is 11.5 Å². The highest BCUT2D eigenvalue weighted by atomic mass is 16.3. The Kier molecular flexibility index (Phi) is 5.91. The number of aliphatic hydroxyl groups excluding tert-OH is 2. The Morgan fingerprint density at radius 1 is 0.833 bits per heavy atom. The van der Waals surface area contributed by atoms with Gasteiger partial charge >= 0.3 is 0 Å². The summed E-state index contributed by atoms with van der Waals surface area (Å²) in [6.07, 6.45) is 2.66. The first-order valence-electron chi connectivity index (χ1n) is 6.89. The summed E-state index contributed by atoms with van der Waals surface area (Å²) in [5.74, 6) is -0.962. The van der Waals surface area contributed by atoms with Gasteiger partial charge in [0.2, 0.25) is 5.78 Å². The lowest BCUT2D eigenvalue weighted by atomic mass is 9.76. The van der Waals surface area contributed by atoms with E-state index in [0.717, 1.165) is 0 Å².